The lowest BCUT2D eigenvalue weighted by atomic mass is 10.2. The summed E-state index contributed by atoms with van der Waals surface area (Å²) in [6, 6.07) is 8.01. The third kappa shape index (κ3) is 2.64. The van der Waals surface area contributed by atoms with Crippen LogP contribution in [0.5, 0.6) is 0 Å². The number of nitrogen functional groups attached to an aromatic ring is 1. The van der Waals surface area contributed by atoms with Crippen molar-refractivity contribution >= 4 is 11.6 Å². The van der Waals surface area contributed by atoms with E-state index >= 15 is 0 Å². The molecule has 2 rings (SSSR count). The van der Waals surface area contributed by atoms with Crippen LogP contribution in [0.3, 0.4) is 0 Å². The molecule has 0 bridgehead atoms. The lowest BCUT2D eigenvalue weighted by Crippen LogP contribution is -2.25. The molecular formula is C14H20N4. The highest BCUT2D eigenvalue weighted by atomic mass is 15.3. The summed E-state index contributed by atoms with van der Waals surface area (Å²) in [6.45, 7) is 7.00. The van der Waals surface area contributed by atoms with Gasteiger partial charge in [0.05, 0.1) is 0 Å². The van der Waals surface area contributed by atoms with Gasteiger partial charge >= 0.3 is 0 Å². The van der Waals surface area contributed by atoms with Crippen molar-refractivity contribution in [2.45, 2.75) is 26.9 Å². The molecule has 4 nitrogen and oxygen atoms in total. The Morgan fingerprint density at radius 2 is 1.94 bits per heavy atom. The van der Waals surface area contributed by atoms with Crippen molar-refractivity contribution in [2.75, 3.05) is 17.2 Å². The fourth-order valence-corrected chi connectivity index (χ4v) is 2.00. The Labute approximate surface area is 108 Å². The van der Waals surface area contributed by atoms with Gasteiger partial charge in [-0.15, -0.1) is 0 Å². The number of imidazole rings is 1. The molecule has 1 heterocycles. The molecule has 0 saturated heterocycles. The number of benzene rings is 1. The maximum absolute atomic E-state index is 5.70. The Morgan fingerprint density at radius 3 is 2.56 bits per heavy atom. The van der Waals surface area contributed by atoms with Crippen LogP contribution in [-0.4, -0.2) is 16.1 Å². The summed E-state index contributed by atoms with van der Waals surface area (Å²) < 4.78 is 2.15. The van der Waals surface area contributed by atoms with Crippen LogP contribution in [0.15, 0.2) is 36.7 Å². The van der Waals surface area contributed by atoms with Crippen molar-refractivity contribution in [3.63, 3.8) is 0 Å². The smallest absolute Gasteiger partial charge is 0.205 e. The first-order valence-corrected chi connectivity index (χ1v) is 6.35. The molecule has 0 aliphatic rings. The number of aromatic nitrogens is 2. The standard InChI is InChI=1S/C14H20N4/c1-3-17-10-9-16-14(17)18(4-2)11-12-5-7-13(15)8-6-12/h5-10H,3-4,11,15H2,1-2H3. The number of hydrogen-bond acceptors (Lipinski definition) is 3. The second-order valence-electron chi connectivity index (χ2n) is 4.27. The third-order valence-electron chi connectivity index (χ3n) is 3.05. The number of aryl methyl sites for hydroxylation is 1. The number of nitrogens with zero attached hydrogens (tertiary/aromatic N) is 3. The lowest BCUT2D eigenvalue weighted by Gasteiger charge is -2.22. The van der Waals surface area contributed by atoms with E-state index in [-0.39, 0.29) is 0 Å². The summed E-state index contributed by atoms with van der Waals surface area (Å²) in [5.41, 5.74) is 7.75. The SMILES string of the molecule is CCN(Cc1ccc(N)cc1)c1nccn1CC. The molecule has 0 aliphatic heterocycles. The first-order chi connectivity index (χ1) is 8.74. The molecule has 0 unspecified atom stereocenters. The van der Waals surface area contributed by atoms with Crippen LogP contribution >= 0.6 is 0 Å². The van der Waals surface area contributed by atoms with Crippen molar-refractivity contribution in [2.24, 2.45) is 0 Å². The van der Waals surface area contributed by atoms with Crippen LogP contribution in [0.25, 0.3) is 0 Å². The molecule has 0 radical (unpaired) electrons. The van der Waals surface area contributed by atoms with Gasteiger partial charge in [-0.3, -0.25) is 0 Å². The Bertz CT molecular complexity index is 487. The minimum Gasteiger partial charge on any atom is -0.399 e. The van der Waals surface area contributed by atoms with Crippen LogP contribution in [0.1, 0.15) is 19.4 Å². The van der Waals surface area contributed by atoms with Crippen LogP contribution in [0, 0.1) is 0 Å². The monoisotopic (exact) mass is 244 g/mol. The average Bonchev–Trinajstić information content (AvgIpc) is 2.86. The molecule has 96 valence electrons. The van der Waals surface area contributed by atoms with E-state index < -0.39 is 0 Å². The minimum absolute atomic E-state index is 0.803. The maximum Gasteiger partial charge on any atom is 0.205 e. The quantitative estimate of drug-likeness (QED) is 0.822. The Hall–Kier alpha value is -1.97. The Morgan fingerprint density at radius 1 is 1.22 bits per heavy atom. The summed E-state index contributed by atoms with van der Waals surface area (Å²) in [6.07, 6.45) is 3.87. The van der Waals surface area contributed by atoms with E-state index in [4.69, 9.17) is 5.73 Å². The summed E-state index contributed by atoms with van der Waals surface area (Å²) in [5.74, 6) is 1.02. The zero-order chi connectivity index (χ0) is 13.0. The molecule has 0 fully saturated rings. The predicted molar refractivity (Wildman–Crippen MR) is 75.5 cm³/mol. The molecule has 2 N–H and O–H groups in total. The van der Waals surface area contributed by atoms with E-state index in [1.807, 2.05) is 24.5 Å². The molecule has 4 heteroatoms. The van der Waals surface area contributed by atoms with E-state index in [2.05, 4.69) is 40.4 Å². The lowest BCUT2D eigenvalue weighted by molar-refractivity contribution is 0.700. The first kappa shape index (κ1) is 12.5. The molecule has 1 aromatic carbocycles. The van der Waals surface area contributed by atoms with Gasteiger partial charge < -0.3 is 15.2 Å². The molecule has 0 saturated carbocycles. The van der Waals surface area contributed by atoms with Gasteiger partial charge in [0.15, 0.2) is 0 Å². The van der Waals surface area contributed by atoms with Crippen LogP contribution in [0.2, 0.25) is 0 Å². The average molecular weight is 244 g/mol. The minimum atomic E-state index is 0.803. The molecule has 1 aromatic heterocycles. The van der Waals surface area contributed by atoms with Gasteiger partial charge in [0.2, 0.25) is 5.95 Å². The molecule has 2 aromatic rings. The summed E-state index contributed by atoms with van der Waals surface area (Å²) >= 11 is 0. The van der Waals surface area contributed by atoms with Gasteiger partial charge in [0, 0.05) is 37.7 Å². The van der Waals surface area contributed by atoms with Crippen molar-refractivity contribution in [1.29, 1.82) is 0 Å². The molecule has 0 atom stereocenters. The Balaban J connectivity index is 2.17. The van der Waals surface area contributed by atoms with Crippen LogP contribution < -0.4 is 10.6 Å². The van der Waals surface area contributed by atoms with Gasteiger partial charge in [-0.1, -0.05) is 12.1 Å². The van der Waals surface area contributed by atoms with Crippen molar-refractivity contribution in [3.05, 3.63) is 42.2 Å². The van der Waals surface area contributed by atoms with Crippen LogP contribution in [0.4, 0.5) is 11.6 Å². The fraction of sp³-hybridized carbons (Fsp3) is 0.357. The zero-order valence-corrected chi connectivity index (χ0v) is 11.0. The number of anilines is 2. The van der Waals surface area contributed by atoms with Crippen molar-refractivity contribution < 1.29 is 0 Å². The van der Waals surface area contributed by atoms with Gasteiger partial charge in [0.1, 0.15) is 0 Å². The number of nitrogens with two attached hydrogens (primary N) is 1. The molecule has 18 heavy (non-hydrogen) atoms. The predicted octanol–water partition coefficient (Wildman–Crippen LogP) is 2.51. The second kappa shape index (κ2) is 5.58. The van der Waals surface area contributed by atoms with E-state index in [0.29, 0.717) is 0 Å². The highest BCUT2D eigenvalue weighted by Crippen LogP contribution is 2.15. The highest BCUT2D eigenvalue weighted by Gasteiger charge is 2.10. The van der Waals surface area contributed by atoms with E-state index in [1.165, 1.54) is 5.56 Å². The van der Waals surface area contributed by atoms with Gasteiger partial charge in [-0.05, 0) is 31.5 Å². The van der Waals surface area contributed by atoms with Crippen LogP contribution in [-0.2, 0) is 13.1 Å². The maximum atomic E-state index is 5.70. The van der Waals surface area contributed by atoms with E-state index in [1.54, 1.807) is 0 Å². The number of hydrogen-bond donors (Lipinski definition) is 1. The van der Waals surface area contributed by atoms with Gasteiger partial charge in [0.25, 0.3) is 0 Å². The first-order valence-electron chi connectivity index (χ1n) is 6.35. The third-order valence-corrected chi connectivity index (χ3v) is 3.05. The summed E-state index contributed by atoms with van der Waals surface area (Å²) in [5, 5.41) is 0. The van der Waals surface area contributed by atoms with E-state index in [0.717, 1.165) is 31.3 Å². The second-order valence-corrected chi connectivity index (χ2v) is 4.27. The largest absolute Gasteiger partial charge is 0.399 e. The van der Waals surface area contributed by atoms with Crippen molar-refractivity contribution in [3.8, 4) is 0 Å². The van der Waals surface area contributed by atoms with Gasteiger partial charge in [-0.25, -0.2) is 4.98 Å². The molecular weight excluding hydrogens is 224 g/mol. The summed E-state index contributed by atoms with van der Waals surface area (Å²) in [4.78, 5) is 6.70. The summed E-state index contributed by atoms with van der Waals surface area (Å²) in [7, 11) is 0. The molecule has 0 aliphatic carbocycles. The van der Waals surface area contributed by atoms with E-state index in [9.17, 15) is 0 Å². The molecule has 0 spiro atoms. The van der Waals surface area contributed by atoms with Gasteiger partial charge in [-0.2, -0.15) is 0 Å². The normalized spacial score (nSPS) is 10.6. The number of rotatable bonds is 5. The topological polar surface area (TPSA) is 47.1 Å². The highest BCUT2D eigenvalue weighted by molar-refractivity contribution is 5.41. The fourth-order valence-electron chi connectivity index (χ4n) is 2.00. The Kier molecular flexibility index (Phi) is 3.87. The van der Waals surface area contributed by atoms with Crippen molar-refractivity contribution in [1.82, 2.24) is 9.55 Å². The zero-order valence-electron chi connectivity index (χ0n) is 11.0. The molecule has 0 amide bonds.